The van der Waals surface area contributed by atoms with E-state index in [4.69, 9.17) is 5.73 Å². The first-order valence-corrected chi connectivity index (χ1v) is 5.32. The van der Waals surface area contributed by atoms with Crippen molar-refractivity contribution in [2.75, 3.05) is 26.0 Å². The first kappa shape index (κ1) is 13.1. The number of carbonyl (C=O) groups excluding carboxylic acids is 1. The van der Waals surface area contributed by atoms with E-state index in [0.29, 0.717) is 6.54 Å². The normalized spacial score (nSPS) is 9.18. The molecule has 0 saturated carbocycles. The third kappa shape index (κ3) is 3.82. The number of aryl methyl sites for hydroxylation is 1. The van der Waals surface area contributed by atoms with Crippen molar-refractivity contribution in [3.05, 3.63) is 29.3 Å². The van der Waals surface area contributed by atoms with Crippen molar-refractivity contribution < 1.29 is 4.79 Å². The number of nitrogens with two attached hydrogens (primary N) is 1. The van der Waals surface area contributed by atoms with Crippen LogP contribution >= 0.6 is 0 Å². The van der Waals surface area contributed by atoms with Crippen molar-refractivity contribution in [1.29, 1.82) is 0 Å². The van der Waals surface area contributed by atoms with Crippen LogP contribution in [0.15, 0.2) is 18.2 Å². The average molecular weight is 231 g/mol. The van der Waals surface area contributed by atoms with Crippen molar-refractivity contribution in [3.63, 3.8) is 0 Å². The lowest BCUT2D eigenvalue weighted by molar-refractivity contribution is 0.230. The van der Waals surface area contributed by atoms with Crippen molar-refractivity contribution in [2.24, 2.45) is 5.73 Å². The summed E-state index contributed by atoms with van der Waals surface area (Å²) in [7, 11) is 3.39. The summed E-state index contributed by atoms with van der Waals surface area (Å²) in [4.78, 5) is 13.0. The van der Waals surface area contributed by atoms with Crippen LogP contribution in [0.3, 0.4) is 0 Å². The van der Waals surface area contributed by atoms with Gasteiger partial charge in [0.1, 0.15) is 0 Å². The summed E-state index contributed by atoms with van der Waals surface area (Å²) in [5.74, 6) is 5.78. The fourth-order valence-electron chi connectivity index (χ4n) is 1.22. The minimum Gasteiger partial charge on any atom is -0.331 e. The topological polar surface area (TPSA) is 58.4 Å². The zero-order valence-corrected chi connectivity index (χ0v) is 10.4. The van der Waals surface area contributed by atoms with Crippen molar-refractivity contribution in [3.8, 4) is 11.8 Å². The number of nitrogens with zero attached hydrogens (tertiary/aromatic N) is 1. The van der Waals surface area contributed by atoms with Crippen LogP contribution < -0.4 is 11.1 Å². The number of hydrogen-bond donors (Lipinski definition) is 2. The zero-order chi connectivity index (χ0) is 12.8. The van der Waals surface area contributed by atoms with E-state index in [1.54, 1.807) is 14.1 Å². The minimum atomic E-state index is -0.161. The van der Waals surface area contributed by atoms with Crippen LogP contribution in [0.4, 0.5) is 10.5 Å². The molecule has 4 nitrogen and oxygen atoms in total. The highest BCUT2D eigenvalue weighted by atomic mass is 16.2. The molecule has 0 heterocycles. The molecule has 2 amide bonds. The van der Waals surface area contributed by atoms with Crippen molar-refractivity contribution >= 4 is 11.7 Å². The fraction of sp³-hybridized carbons (Fsp3) is 0.308. The van der Waals surface area contributed by atoms with Gasteiger partial charge in [0, 0.05) is 25.3 Å². The van der Waals surface area contributed by atoms with Crippen LogP contribution in [0.2, 0.25) is 0 Å². The number of carbonyl (C=O) groups is 1. The monoisotopic (exact) mass is 231 g/mol. The molecule has 0 spiro atoms. The van der Waals surface area contributed by atoms with Gasteiger partial charge in [-0.15, -0.1) is 0 Å². The molecule has 3 N–H and O–H groups in total. The Kier molecular flexibility index (Phi) is 4.56. The number of amides is 2. The molecule has 0 fully saturated rings. The molecule has 17 heavy (non-hydrogen) atoms. The number of urea groups is 1. The molecule has 0 saturated heterocycles. The molecule has 0 aliphatic rings. The lowest BCUT2D eigenvalue weighted by Gasteiger charge is -2.12. The fourth-order valence-corrected chi connectivity index (χ4v) is 1.22. The Morgan fingerprint density at radius 1 is 1.47 bits per heavy atom. The van der Waals surface area contributed by atoms with Crippen LogP contribution in [0.1, 0.15) is 11.1 Å². The summed E-state index contributed by atoms with van der Waals surface area (Å²) in [5.41, 5.74) is 8.01. The summed E-state index contributed by atoms with van der Waals surface area (Å²) in [5, 5.41) is 2.77. The zero-order valence-electron chi connectivity index (χ0n) is 10.4. The predicted octanol–water partition coefficient (Wildman–Crippen LogP) is 1.40. The summed E-state index contributed by atoms with van der Waals surface area (Å²) in [6, 6.07) is 5.46. The van der Waals surface area contributed by atoms with Gasteiger partial charge in [0.2, 0.25) is 0 Å². The highest BCUT2D eigenvalue weighted by Crippen LogP contribution is 2.14. The first-order valence-electron chi connectivity index (χ1n) is 5.32. The Labute approximate surface area is 102 Å². The second kappa shape index (κ2) is 5.92. The van der Waals surface area contributed by atoms with Crippen LogP contribution in [-0.4, -0.2) is 31.6 Å². The molecule has 90 valence electrons. The molecule has 0 bridgehead atoms. The summed E-state index contributed by atoms with van der Waals surface area (Å²) in [6.45, 7) is 2.30. The highest BCUT2D eigenvalue weighted by molar-refractivity contribution is 5.89. The first-order chi connectivity index (χ1) is 8.04. The highest BCUT2D eigenvalue weighted by Gasteiger charge is 2.04. The van der Waals surface area contributed by atoms with E-state index < -0.39 is 0 Å². The summed E-state index contributed by atoms with van der Waals surface area (Å²) < 4.78 is 0. The van der Waals surface area contributed by atoms with E-state index >= 15 is 0 Å². The maximum absolute atomic E-state index is 11.5. The summed E-state index contributed by atoms with van der Waals surface area (Å²) >= 11 is 0. The molecule has 0 aromatic heterocycles. The lowest BCUT2D eigenvalue weighted by Crippen LogP contribution is -2.27. The van der Waals surface area contributed by atoms with E-state index in [2.05, 4.69) is 17.2 Å². The van der Waals surface area contributed by atoms with E-state index in [1.807, 2.05) is 25.1 Å². The van der Waals surface area contributed by atoms with Gasteiger partial charge < -0.3 is 16.0 Å². The predicted molar refractivity (Wildman–Crippen MR) is 69.8 cm³/mol. The Morgan fingerprint density at radius 3 is 2.76 bits per heavy atom. The van der Waals surface area contributed by atoms with Gasteiger partial charge in [-0.3, -0.25) is 0 Å². The largest absolute Gasteiger partial charge is 0.331 e. The van der Waals surface area contributed by atoms with Gasteiger partial charge in [0.05, 0.1) is 6.54 Å². The second-order valence-electron chi connectivity index (χ2n) is 3.86. The smallest absolute Gasteiger partial charge is 0.321 e. The molecule has 0 unspecified atom stereocenters. The van der Waals surface area contributed by atoms with Gasteiger partial charge >= 0.3 is 6.03 Å². The number of anilines is 1. The number of rotatable bonds is 1. The number of hydrogen-bond acceptors (Lipinski definition) is 2. The molecule has 0 aliphatic carbocycles. The van der Waals surface area contributed by atoms with Gasteiger partial charge in [-0.05, 0) is 24.6 Å². The molecule has 1 aromatic carbocycles. The maximum atomic E-state index is 11.5. The minimum absolute atomic E-state index is 0.161. The van der Waals surface area contributed by atoms with E-state index in [0.717, 1.165) is 16.8 Å². The van der Waals surface area contributed by atoms with Gasteiger partial charge in [-0.2, -0.15) is 0 Å². The molecule has 0 radical (unpaired) electrons. The number of nitrogens with one attached hydrogen (secondary N) is 1. The molecule has 0 aliphatic heterocycles. The lowest BCUT2D eigenvalue weighted by atomic mass is 10.1. The molecule has 1 rings (SSSR count). The molecule has 4 heteroatoms. The summed E-state index contributed by atoms with van der Waals surface area (Å²) in [6.07, 6.45) is 0. The van der Waals surface area contributed by atoms with Gasteiger partial charge in [-0.25, -0.2) is 4.79 Å². The average Bonchev–Trinajstić information content (AvgIpc) is 2.29. The van der Waals surface area contributed by atoms with Crippen LogP contribution in [0.25, 0.3) is 0 Å². The van der Waals surface area contributed by atoms with Gasteiger partial charge in [0.25, 0.3) is 0 Å². The van der Waals surface area contributed by atoms with E-state index in [1.165, 1.54) is 4.90 Å². The maximum Gasteiger partial charge on any atom is 0.321 e. The van der Waals surface area contributed by atoms with Crippen molar-refractivity contribution in [2.45, 2.75) is 6.92 Å². The Morgan fingerprint density at radius 2 is 2.18 bits per heavy atom. The van der Waals surface area contributed by atoms with Crippen LogP contribution in [-0.2, 0) is 0 Å². The Bertz CT molecular complexity index is 469. The number of benzene rings is 1. The van der Waals surface area contributed by atoms with Gasteiger partial charge in [0.15, 0.2) is 0 Å². The van der Waals surface area contributed by atoms with Crippen LogP contribution in [0, 0.1) is 18.8 Å². The molecular formula is C13H17N3O. The standard InChI is InChI=1S/C13H17N3O/c1-10-6-7-12(15-13(17)16(2)3)9-11(10)5-4-8-14/h6-7,9H,8,14H2,1-3H3,(H,15,17). The van der Waals surface area contributed by atoms with Gasteiger partial charge in [-0.1, -0.05) is 17.9 Å². The quantitative estimate of drug-likeness (QED) is 0.718. The molecular weight excluding hydrogens is 214 g/mol. The van der Waals surface area contributed by atoms with E-state index in [-0.39, 0.29) is 6.03 Å². The van der Waals surface area contributed by atoms with E-state index in [9.17, 15) is 4.79 Å². The third-order valence-corrected chi connectivity index (χ3v) is 2.22. The Balaban J connectivity index is 2.92. The molecule has 0 atom stereocenters. The third-order valence-electron chi connectivity index (χ3n) is 2.22. The Hall–Kier alpha value is -1.99. The molecule has 1 aromatic rings. The van der Waals surface area contributed by atoms with Crippen molar-refractivity contribution in [1.82, 2.24) is 4.90 Å². The van der Waals surface area contributed by atoms with Crippen LogP contribution in [0.5, 0.6) is 0 Å². The SMILES string of the molecule is Cc1ccc(NC(=O)N(C)C)cc1C#CCN. The second-order valence-corrected chi connectivity index (χ2v) is 3.86.